The maximum Gasteiger partial charge on any atom is 0.120 e. The van der Waals surface area contributed by atoms with Gasteiger partial charge in [-0.2, -0.15) is 0 Å². The lowest BCUT2D eigenvalue weighted by molar-refractivity contribution is 0.147. The van der Waals surface area contributed by atoms with E-state index in [9.17, 15) is 5.11 Å². The molecule has 2 N–H and O–H groups in total. The lowest BCUT2D eigenvalue weighted by Gasteiger charge is -2.33. The molecule has 2 fully saturated rings. The van der Waals surface area contributed by atoms with Crippen LogP contribution < -0.4 is 10.1 Å². The van der Waals surface area contributed by atoms with Crippen LogP contribution in [0.15, 0.2) is 42.5 Å². The number of aromatic hydroxyl groups is 1. The molecule has 5 nitrogen and oxygen atoms in total. The van der Waals surface area contributed by atoms with Crippen LogP contribution in [0.2, 0.25) is 0 Å². The maximum absolute atomic E-state index is 10.4. The number of piperazine rings is 1. The number of nitrogens with one attached hydrogen (secondary N) is 1. The molecule has 2 aromatic carbocycles. The largest absolute Gasteiger partial charge is 0.508 e. The molecule has 1 aliphatic heterocycles. The van der Waals surface area contributed by atoms with E-state index in [1.165, 1.54) is 24.0 Å². The Kier molecular flexibility index (Phi) is 7.98. The molecule has 4 rings (SSSR count). The van der Waals surface area contributed by atoms with Crippen LogP contribution in [0.4, 0.5) is 0 Å². The number of phenols is 1. The third-order valence-corrected chi connectivity index (χ3v) is 6.84. The third-order valence-electron chi connectivity index (χ3n) is 6.84. The summed E-state index contributed by atoms with van der Waals surface area (Å²) in [6.45, 7) is 5.90. The Balaban J connectivity index is 0.00000272. The van der Waals surface area contributed by atoms with Gasteiger partial charge in [0.15, 0.2) is 0 Å². The molecule has 0 unspecified atom stereocenters. The molecule has 2 aromatic rings. The quantitative estimate of drug-likeness (QED) is 0.691. The monoisotopic (exact) mass is 425 g/mol. The van der Waals surface area contributed by atoms with Gasteiger partial charge in [0.2, 0.25) is 0 Å². The first-order chi connectivity index (χ1) is 14.6. The summed E-state index contributed by atoms with van der Waals surface area (Å²) >= 11 is 0. The van der Waals surface area contributed by atoms with Crippen LogP contribution in [0, 0.1) is 0 Å². The van der Waals surface area contributed by atoms with Crippen molar-refractivity contribution in [2.75, 3.05) is 40.3 Å². The van der Waals surface area contributed by atoms with Gasteiger partial charge in [0, 0.05) is 50.4 Å². The Morgan fingerprint density at radius 1 is 1.03 bits per heavy atom. The number of benzene rings is 2. The van der Waals surface area contributed by atoms with Gasteiger partial charge in [-0.05, 0) is 55.3 Å². The molecule has 0 amide bonds. The van der Waals surface area contributed by atoms with Crippen LogP contribution in [-0.4, -0.2) is 55.2 Å². The fraction of sp³-hybridized carbons (Fsp3) is 0.538. The first-order valence-electron chi connectivity index (χ1n) is 11.2. The minimum absolute atomic E-state index is 0. The molecule has 1 saturated heterocycles. The molecule has 170 valence electrons. The van der Waals surface area contributed by atoms with Crippen molar-refractivity contribution in [3.8, 4) is 11.5 Å². The summed E-state index contributed by atoms with van der Waals surface area (Å²) in [5, 5.41) is 14.3. The van der Waals surface area contributed by atoms with Crippen molar-refractivity contribution < 1.29 is 9.84 Å². The smallest absolute Gasteiger partial charge is 0.120 e. The lowest BCUT2D eigenvalue weighted by atomic mass is 9.87. The fourth-order valence-corrected chi connectivity index (χ4v) is 4.86. The van der Waals surface area contributed by atoms with E-state index in [0.717, 1.165) is 63.4 Å². The molecule has 0 bridgehead atoms. The minimum Gasteiger partial charge on any atom is -0.508 e. The van der Waals surface area contributed by atoms with Gasteiger partial charge < -0.3 is 20.1 Å². The highest BCUT2D eigenvalue weighted by atomic mass is 16.5. The van der Waals surface area contributed by atoms with Crippen molar-refractivity contribution in [3.63, 3.8) is 0 Å². The second-order valence-electron chi connectivity index (χ2n) is 8.92. The van der Waals surface area contributed by atoms with E-state index in [2.05, 4.69) is 46.4 Å². The van der Waals surface area contributed by atoms with E-state index in [1.54, 1.807) is 7.11 Å². The highest BCUT2D eigenvalue weighted by Gasteiger charge is 2.35. The summed E-state index contributed by atoms with van der Waals surface area (Å²) in [5.74, 6) is 1.32. The van der Waals surface area contributed by atoms with Crippen LogP contribution in [0.1, 0.15) is 49.8 Å². The summed E-state index contributed by atoms with van der Waals surface area (Å²) in [6, 6.07) is 14.6. The molecule has 2 aliphatic rings. The summed E-state index contributed by atoms with van der Waals surface area (Å²) in [4.78, 5) is 4.79. The molecule has 0 radical (unpaired) electrons. The second kappa shape index (κ2) is 10.5. The molecule has 0 aromatic heterocycles. The zero-order valence-corrected chi connectivity index (χ0v) is 18.4. The number of nitrogens with zero attached hydrogens (tertiary/aromatic N) is 2. The van der Waals surface area contributed by atoms with Crippen LogP contribution in [0.5, 0.6) is 11.5 Å². The number of hydrogen-bond donors (Lipinski definition) is 2. The van der Waals surface area contributed by atoms with Crippen molar-refractivity contribution in [1.82, 2.24) is 15.1 Å². The zero-order chi connectivity index (χ0) is 21.0. The molecule has 31 heavy (non-hydrogen) atoms. The van der Waals surface area contributed by atoms with Gasteiger partial charge in [-0.25, -0.2) is 0 Å². The number of methoxy groups -OCH3 is 1. The molecule has 0 spiro atoms. The van der Waals surface area contributed by atoms with Gasteiger partial charge in [0.1, 0.15) is 11.5 Å². The van der Waals surface area contributed by atoms with Crippen molar-refractivity contribution in [2.24, 2.45) is 0 Å². The average Bonchev–Trinajstić information content (AvgIpc) is 3.26. The maximum atomic E-state index is 10.4. The summed E-state index contributed by atoms with van der Waals surface area (Å²) < 4.78 is 5.47. The van der Waals surface area contributed by atoms with E-state index in [-0.39, 0.29) is 13.0 Å². The van der Waals surface area contributed by atoms with E-state index in [1.807, 2.05) is 18.2 Å². The van der Waals surface area contributed by atoms with Gasteiger partial charge in [-0.1, -0.05) is 38.5 Å². The Hall–Kier alpha value is -2.08. The zero-order valence-electron chi connectivity index (χ0n) is 18.4. The van der Waals surface area contributed by atoms with Crippen LogP contribution in [0.25, 0.3) is 0 Å². The fourth-order valence-electron chi connectivity index (χ4n) is 4.86. The molecule has 5 heteroatoms. The predicted octanol–water partition coefficient (Wildman–Crippen LogP) is 4.34. The molecular formula is C26H39N3O2. The Bertz CT molecular complexity index is 840. The number of ether oxygens (including phenoxy) is 1. The number of phenolic OH excluding ortho intramolecular Hbond substituents is 1. The minimum atomic E-state index is 0. The van der Waals surface area contributed by atoms with Gasteiger partial charge in [-0.15, -0.1) is 0 Å². The van der Waals surface area contributed by atoms with Crippen molar-refractivity contribution in [3.05, 3.63) is 59.2 Å². The van der Waals surface area contributed by atoms with Crippen LogP contribution >= 0.6 is 0 Å². The predicted molar refractivity (Wildman–Crippen MR) is 128 cm³/mol. The van der Waals surface area contributed by atoms with E-state index < -0.39 is 0 Å². The van der Waals surface area contributed by atoms with Gasteiger partial charge in [0.25, 0.3) is 0 Å². The molecular weight excluding hydrogens is 386 g/mol. The SMILES string of the molecule is C.COc1cccc(C2(NCc3ccc(O)c(CN4CCN(C)CC4)c3)CCCC2)c1. The van der Waals surface area contributed by atoms with Crippen LogP contribution in [0.3, 0.4) is 0 Å². The topological polar surface area (TPSA) is 48.0 Å². The first-order valence-corrected chi connectivity index (χ1v) is 11.2. The summed E-state index contributed by atoms with van der Waals surface area (Å²) in [5.41, 5.74) is 3.58. The molecule has 0 atom stereocenters. The van der Waals surface area contributed by atoms with E-state index in [0.29, 0.717) is 5.75 Å². The first kappa shape index (κ1) is 23.6. The second-order valence-corrected chi connectivity index (χ2v) is 8.92. The highest BCUT2D eigenvalue weighted by molar-refractivity contribution is 5.37. The molecule has 1 saturated carbocycles. The average molecular weight is 426 g/mol. The number of likely N-dealkylation sites (N-methyl/N-ethyl adjacent to an activating group) is 1. The number of hydrogen-bond acceptors (Lipinski definition) is 5. The van der Waals surface area contributed by atoms with Crippen molar-refractivity contribution in [1.29, 1.82) is 0 Å². The van der Waals surface area contributed by atoms with E-state index >= 15 is 0 Å². The summed E-state index contributed by atoms with van der Waals surface area (Å²) in [6.07, 6.45) is 4.78. The molecule has 1 aliphatic carbocycles. The van der Waals surface area contributed by atoms with Gasteiger partial charge in [0.05, 0.1) is 7.11 Å². The van der Waals surface area contributed by atoms with Gasteiger partial charge in [-0.3, -0.25) is 4.90 Å². The standard InChI is InChI=1S/C25H35N3O2.CH4/c1-27-12-14-28(15-13-27)19-21-16-20(8-9-24(21)29)18-26-25(10-3-4-11-25)22-6-5-7-23(17-22)30-2;/h5-9,16-17,26,29H,3-4,10-15,18-19H2,1-2H3;1H4. The van der Waals surface area contributed by atoms with Crippen molar-refractivity contribution >= 4 is 0 Å². The van der Waals surface area contributed by atoms with Crippen LogP contribution in [-0.2, 0) is 18.6 Å². The Morgan fingerprint density at radius 3 is 2.48 bits per heavy atom. The third kappa shape index (κ3) is 5.59. The Morgan fingerprint density at radius 2 is 1.77 bits per heavy atom. The lowest BCUT2D eigenvalue weighted by Crippen LogP contribution is -2.43. The summed E-state index contributed by atoms with van der Waals surface area (Å²) in [7, 11) is 3.90. The van der Waals surface area contributed by atoms with E-state index in [4.69, 9.17) is 4.74 Å². The highest BCUT2D eigenvalue weighted by Crippen LogP contribution is 2.40. The number of rotatable bonds is 7. The Labute approximate surface area is 188 Å². The molecule has 1 heterocycles. The van der Waals surface area contributed by atoms with Gasteiger partial charge >= 0.3 is 0 Å². The van der Waals surface area contributed by atoms with Crippen molar-refractivity contribution in [2.45, 2.75) is 51.7 Å². The normalized spacial score (nSPS) is 19.2.